The second-order valence-electron chi connectivity index (χ2n) is 6.36. The van der Waals surface area contributed by atoms with Gasteiger partial charge in [-0.3, -0.25) is 0 Å². The van der Waals surface area contributed by atoms with Gasteiger partial charge in [-0.25, -0.2) is 13.8 Å². The van der Waals surface area contributed by atoms with E-state index < -0.39 is 0 Å². The van der Waals surface area contributed by atoms with Crippen LogP contribution in [-0.4, -0.2) is 4.98 Å². The first kappa shape index (κ1) is 14.3. The maximum Gasteiger partial charge on any atom is 0.131 e. The Morgan fingerprint density at radius 2 is 1.64 bits per heavy atom. The first-order valence-corrected chi connectivity index (χ1v) is 8.16. The molecule has 0 fully saturated rings. The van der Waals surface area contributed by atoms with Crippen LogP contribution >= 0.6 is 0 Å². The normalized spacial score (nSPS) is 12.2. The van der Waals surface area contributed by atoms with E-state index in [0.29, 0.717) is 5.56 Å². The van der Waals surface area contributed by atoms with Gasteiger partial charge in [0.25, 0.3) is 0 Å². The molecule has 120 valence electrons. The van der Waals surface area contributed by atoms with Crippen molar-refractivity contribution < 1.29 is 8.78 Å². The molecule has 0 atom stereocenters. The summed E-state index contributed by atoms with van der Waals surface area (Å²) in [4.78, 5) is 4.72. The number of nitrogens with zero attached hydrogens (tertiary/aromatic N) is 1. The molecular weight excluding hydrogens is 316 g/mol. The molecule has 0 saturated heterocycles. The Kier molecular flexibility index (Phi) is 2.98. The quantitative estimate of drug-likeness (QED) is 0.381. The molecule has 1 aromatic heterocycles. The molecule has 3 aromatic carbocycles. The van der Waals surface area contributed by atoms with Crippen LogP contribution in [0.3, 0.4) is 0 Å². The summed E-state index contributed by atoms with van der Waals surface area (Å²) >= 11 is 0. The van der Waals surface area contributed by atoms with Crippen LogP contribution in [0.25, 0.3) is 33.3 Å². The van der Waals surface area contributed by atoms with Crippen LogP contribution in [0, 0.1) is 11.6 Å². The van der Waals surface area contributed by atoms with Gasteiger partial charge in [0.2, 0.25) is 0 Å². The Morgan fingerprint density at radius 1 is 0.760 bits per heavy atom. The number of halogens is 2. The molecule has 0 saturated carbocycles. The van der Waals surface area contributed by atoms with E-state index in [2.05, 4.69) is 0 Å². The van der Waals surface area contributed by atoms with Gasteiger partial charge in [0.1, 0.15) is 11.6 Å². The highest BCUT2D eigenvalue weighted by Crippen LogP contribution is 2.39. The van der Waals surface area contributed by atoms with Gasteiger partial charge in [-0.2, -0.15) is 0 Å². The van der Waals surface area contributed by atoms with Crippen molar-refractivity contribution in [2.45, 2.75) is 6.42 Å². The van der Waals surface area contributed by atoms with E-state index in [1.54, 1.807) is 18.2 Å². The SMILES string of the molecule is Fc1ccc2nc3c(cc2c1)Cc1cc(-c2ccccc2F)ccc1-3. The lowest BCUT2D eigenvalue weighted by Crippen LogP contribution is -1.88. The average Bonchev–Trinajstić information content (AvgIpc) is 2.96. The van der Waals surface area contributed by atoms with Gasteiger partial charge in [0, 0.05) is 22.9 Å². The van der Waals surface area contributed by atoms with Crippen LogP contribution < -0.4 is 0 Å². The summed E-state index contributed by atoms with van der Waals surface area (Å²) in [5.41, 5.74) is 6.46. The molecule has 1 nitrogen and oxygen atoms in total. The number of aromatic nitrogens is 1. The molecule has 0 aliphatic heterocycles. The van der Waals surface area contributed by atoms with E-state index in [9.17, 15) is 8.78 Å². The van der Waals surface area contributed by atoms with Crippen molar-refractivity contribution in [3.63, 3.8) is 0 Å². The van der Waals surface area contributed by atoms with Gasteiger partial charge in [-0.15, -0.1) is 0 Å². The van der Waals surface area contributed by atoms with Gasteiger partial charge < -0.3 is 0 Å². The number of hydrogen-bond donors (Lipinski definition) is 0. The summed E-state index contributed by atoms with van der Waals surface area (Å²) in [6.45, 7) is 0. The zero-order chi connectivity index (χ0) is 17.0. The Labute approximate surface area is 143 Å². The molecule has 0 N–H and O–H groups in total. The lowest BCUT2D eigenvalue weighted by atomic mass is 10.00. The fraction of sp³-hybridized carbons (Fsp3) is 0.0455. The van der Waals surface area contributed by atoms with Crippen LogP contribution in [-0.2, 0) is 6.42 Å². The van der Waals surface area contributed by atoms with Crippen molar-refractivity contribution in [2.24, 2.45) is 0 Å². The van der Waals surface area contributed by atoms with Crippen molar-refractivity contribution in [2.75, 3.05) is 0 Å². The molecule has 25 heavy (non-hydrogen) atoms. The summed E-state index contributed by atoms with van der Waals surface area (Å²) in [5.74, 6) is -0.483. The summed E-state index contributed by atoms with van der Waals surface area (Å²) in [6, 6.07) is 19.4. The number of hydrogen-bond acceptors (Lipinski definition) is 1. The third-order valence-corrected chi connectivity index (χ3v) is 4.78. The smallest absolute Gasteiger partial charge is 0.131 e. The van der Waals surface area contributed by atoms with Crippen molar-refractivity contribution in [1.82, 2.24) is 4.98 Å². The predicted octanol–water partition coefficient (Wildman–Crippen LogP) is 5.75. The second kappa shape index (κ2) is 5.21. The first-order valence-electron chi connectivity index (χ1n) is 8.16. The molecule has 1 aliphatic carbocycles. The van der Waals surface area contributed by atoms with E-state index >= 15 is 0 Å². The van der Waals surface area contributed by atoms with Crippen LogP contribution in [0.15, 0.2) is 66.7 Å². The van der Waals surface area contributed by atoms with Crippen molar-refractivity contribution in [3.8, 4) is 22.4 Å². The van der Waals surface area contributed by atoms with E-state index in [4.69, 9.17) is 4.98 Å². The molecule has 0 unspecified atom stereocenters. The fourth-order valence-electron chi connectivity index (χ4n) is 3.60. The molecule has 0 amide bonds. The van der Waals surface area contributed by atoms with Crippen molar-refractivity contribution in [3.05, 3.63) is 89.5 Å². The van der Waals surface area contributed by atoms with E-state index in [1.807, 2.05) is 30.3 Å². The zero-order valence-electron chi connectivity index (χ0n) is 13.3. The van der Waals surface area contributed by atoms with Gasteiger partial charge >= 0.3 is 0 Å². The first-order chi connectivity index (χ1) is 12.2. The summed E-state index contributed by atoms with van der Waals surface area (Å²) in [6.07, 6.45) is 0.729. The number of pyridine rings is 1. The number of fused-ring (bicyclic) bond motifs is 4. The minimum absolute atomic E-state index is 0.225. The van der Waals surface area contributed by atoms with Crippen LogP contribution in [0.1, 0.15) is 11.1 Å². The summed E-state index contributed by atoms with van der Waals surface area (Å²) < 4.78 is 27.5. The highest BCUT2D eigenvalue weighted by Gasteiger charge is 2.21. The summed E-state index contributed by atoms with van der Waals surface area (Å²) in [5, 5.41) is 0.806. The van der Waals surface area contributed by atoms with Gasteiger partial charge in [-0.05, 0) is 47.0 Å². The van der Waals surface area contributed by atoms with Gasteiger partial charge in [0.15, 0.2) is 0 Å². The minimum Gasteiger partial charge on any atom is -0.247 e. The van der Waals surface area contributed by atoms with Crippen molar-refractivity contribution in [1.29, 1.82) is 0 Å². The van der Waals surface area contributed by atoms with Gasteiger partial charge in [-0.1, -0.05) is 36.4 Å². The molecule has 0 spiro atoms. The second-order valence-corrected chi connectivity index (χ2v) is 6.36. The predicted molar refractivity (Wildman–Crippen MR) is 95.3 cm³/mol. The molecule has 1 aliphatic rings. The third kappa shape index (κ3) is 2.23. The largest absolute Gasteiger partial charge is 0.247 e. The summed E-state index contributed by atoms with van der Waals surface area (Å²) in [7, 11) is 0. The molecule has 5 rings (SSSR count). The Balaban J connectivity index is 1.65. The zero-order valence-corrected chi connectivity index (χ0v) is 13.3. The third-order valence-electron chi connectivity index (χ3n) is 4.78. The van der Waals surface area contributed by atoms with Crippen molar-refractivity contribution >= 4 is 10.9 Å². The van der Waals surface area contributed by atoms with E-state index in [0.717, 1.165) is 45.3 Å². The molecule has 1 heterocycles. The Morgan fingerprint density at radius 3 is 2.52 bits per heavy atom. The molecule has 4 aromatic rings. The molecular formula is C22H13F2N. The lowest BCUT2D eigenvalue weighted by molar-refractivity contribution is 0.629. The lowest BCUT2D eigenvalue weighted by Gasteiger charge is -2.06. The standard InChI is InChI=1S/C22H13F2N/c23-17-6-8-21-15(12-17)11-16-10-14-9-13(5-7-19(14)22(16)25-21)18-3-1-2-4-20(18)24/h1-9,11-12H,10H2. The number of rotatable bonds is 1. The van der Waals surface area contributed by atoms with Crippen LogP contribution in [0.2, 0.25) is 0 Å². The maximum atomic E-state index is 14.1. The monoisotopic (exact) mass is 329 g/mol. The number of benzene rings is 3. The van der Waals surface area contributed by atoms with Crippen LogP contribution in [0.4, 0.5) is 8.78 Å². The average molecular weight is 329 g/mol. The van der Waals surface area contributed by atoms with E-state index in [-0.39, 0.29) is 11.6 Å². The van der Waals surface area contributed by atoms with Gasteiger partial charge in [0.05, 0.1) is 11.2 Å². The molecule has 0 radical (unpaired) electrons. The molecule has 3 heteroatoms. The Hall–Kier alpha value is -3.07. The van der Waals surface area contributed by atoms with E-state index in [1.165, 1.54) is 18.2 Å². The maximum absolute atomic E-state index is 14.1. The van der Waals surface area contributed by atoms with Crippen LogP contribution in [0.5, 0.6) is 0 Å². The topological polar surface area (TPSA) is 12.9 Å². The highest BCUT2D eigenvalue weighted by atomic mass is 19.1. The minimum atomic E-state index is -0.258. The Bertz CT molecular complexity index is 1150. The highest BCUT2D eigenvalue weighted by molar-refractivity contribution is 5.87. The fourth-order valence-corrected chi connectivity index (χ4v) is 3.60. The molecule has 0 bridgehead atoms.